The van der Waals surface area contributed by atoms with Crippen LogP contribution < -0.4 is 0 Å². The maximum Gasteiger partial charge on any atom is 0.0988 e. The number of nitrogens with zero attached hydrogens (tertiary/aromatic N) is 1. The minimum Gasteiger partial charge on any atom is -0.371 e. The predicted molar refractivity (Wildman–Crippen MR) is 76.9 cm³/mol. The lowest BCUT2D eigenvalue weighted by atomic mass is 10.2. The Kier molecular flexibility index (Phi) is 2.26. The van der Waals surface area contributed by atoms with Gasteiger partial charge < -0.3 is 9.30 Å². The van der Waals surface area contributed by atoms with E-state index in [-0.39, 0.29) is 0 Å². The molecule has 1 unspecified atom stereocenters. The second-order valence-corrected chi connectivity index (χ2v) is 5.57. The molecule has 2 nitrogen and oxygen atoms in total. The van der Waals surface area contributed by atoms with Crippen LogP contribution in [0.2, 0.25) is 0 Å². The molecule has 1 aromatic heterocycles. The van der Waals surface area contributed by atoms with Gasteiger partial charge in [-0.3, -0.25) is 0 Å². The molecule has 1 saturated heterocycles. The zero-order chi connectivity index (χ0) is 12.1. The van der Waals surface area contributed by atoms with Gasteiger partial charge in [-0.2, -0.15) is 0 Å². The van der Waals surface area contributed by atoms with Crippen LogP contribution in [0, 0.1) is 0 Å². The average molecular weight is 302 g/mol. The van der Waals surface area contributed by atoms with E-state index in [1.54, 1.807) is 0 Å². The highest BCUT2D eigenvalue weighted by Crippen LogP contribution is 2.34. The zero-order valence-electron chi connectivity index (χ0n) is 9.77. The Morgan fingerprint density at radius 2 is 1.89 bits per heavy atom. The Labute approximate surface area is 113 Å². The van der Waals surface area contributed by atoms with Crippen molar-refractivity contribution >= 4 is 37.7 Å². The van der Waals surface area contributed by atoms with Gasteiger partial charge in [0, 0.05) is 20.8 Å². The van der Waals surface area contributed by atoms with E-state index in [4.69, 9.17) is 4.74 Å². The summed E-state index contributed by atoms with van der Waals surface area (Å²) in [6.45, 7) is 1.82. The Morgan fingerprint density at radius 3 is 2.72 bits per heavy atom. The summed E-state index contributed by atoms with van der Waals surface area (Å²) in [5.41, 5.74) is 2.56. The van der Waals surface area contributed by atoms with Crippen LogP contribution in [-0.2, 0) is 11.3 Å². The summed E-state index contributed by atoms with van der Waals surface area (Å²) in [6.07, 6.45) is 0.385. The Bertz CT molecular complexity index is 743. The summed E-state index contributed by atoms with van der Waals surface area (Å²) < 4.78 is 8.90. The van der Waals surface area contributed by atoms with Gasteiger partial charge in [-0.05, 0) is 28.1 Å². The molecular formula is C15H12BrNO. The number of epoxide rings is 1. The summed E-state index contributed by atoms with van der Waals surface area (Å²) in [5.74, 6) is 0. The quantitative estimate of drug-likeness (QED) is 0.655. The number of hydrogen-bond donors (Lipinski definition) is 0. The van der Waals surface area contributed by atoms with Gasteiger partial charge in [0.1, 0.15) is 0 Å². The van der Waals surface area contributed by atoms with Crippen LogP contribution in [0.5, 0.6) is 0 Å². The van der Waals surface area contributed by atoms with E-state index in [2.05, 4.69) is 63.0 Å². The molecule has 0 aliphatic carbocycles. The molecule has 4 rings (SSSR count). The third-order valence-electron chi connectivity index (χ3n) is 3.53. The smallest absolute Gasteiger partial charge is 0.0988 e. The molecule has 0 N–H and O–H groups in total. The number of aromatic nitrogens is 1. The number of rotatable bonds is 2. The number of ether oxygens (including phenoxy) is 1. The number of para-hydroxylation sites is 2. The SMILES string of the molecule is Brc1cccc2c3ccccc3n(CC3CO3)c12. The van der Waals surface area contributed by atoms with Gasteiger partial charge in [0.05, 0.1) is 24.8 Å². The van der Waals surface area contributed by atoms with Gasteiger partial charge in [0.25, 0.3) is 0 Å². The highest BCUT2D eigenvalue weighted by Gasteiger charge is 2.25. The average Bonchev–Trinajstić information content (AvgIpc) is 3.15. The summed E-state index contributed by atoms with van der Waals surface area (Å²) in [5, 5.41) is 2.62. The van der Waals surface area contributed by atoms with Crippen LogP contribution in [0.3, 0.4) is 0 Å². The van der Waals surface area contributed by atoms with E-state index in [1.807, 2.05) is 0 Å². The lowest BCUT2D eigenvalue weighted by Crippen LogP contribution is -2.03. The van der Waals surface area contributed by atoms with Gasteiger partial charge in [0.15, 0.2) is 0 Å². The summed E-state index contributed by atoms with van der Waals surface area (Å²) in [4.78, 5) is 0. The molecule has 3 heteroatoms. The van der Waals surface area contributed by atoms with Gasteiger partial charge in [0.2, 0.25) is 0 Å². The van der Waals surface area contributed by atoms with Gasteiger partial charge in [-0.25, -0.2) is 0 Å². The first-order chi connectivity index (χ1) is 8.84. The van der Waals surface area contributed by atoms with Crippen molar-refractivity contribution in [2.24, 2.45) is 0 Å². The standard InChI is InChI=1S/C15H12BrNO/c16-13-6-3-5-12-11-4-1-2-7-14(11)17(15(12)13)8-10-9-18-10/h1-7,10H,8-9H2. The maximum atomic E-state index is 5.38. The molecule has 1 aliphatic heterocycles. The van der Waals surface area contributed by atoms with Crippen molar-refractivity contribution in [3.05, 3.63) is 46.9 Å². The summed E-state index contributed by atoms with van der Waals surface area (Å²) >= 11 is 3.67. The highest BCUT2D eigenvalue weighted by atomic mass is 79.9. The van der Waals surface area contributed by atoms with Crippen molar-refractivity contribution in [1.82, 2.24) is 4.57 Å². The largest absolute Gasteiger partial charge is 0.371 e. The Morgan fingerprint density at radius 1 is 1.11 bits per heavy atom. The van der Waals surface area contributed by atoms with Crippen LogP contribution in [0.25, 0.3) is 21.8 Å². The van der Waals surface area contributed by atoms with Gasteiger partial charge in [-0.1, -0.05) is 30.3 Å². The molecule has 0 amide bonds. The number of benzene rings is 2. The lowest BCUT2D eigenvalue weighted by Gasteiger charge is -2.06. The van der Waals surface area contributed by atoms with Crippen molar-refractivity contribution in [1.29, 1.82) is 0 Å². The van der Waals surface area contributed by atoms with Gasteiger partial charge in [-0.15, -0.1) is 0 Å². The van der Waals surface area contributed by atoms with Crippen LogP contribution in [-0.4, -0.2) is 17.3 Å². The van der Waals surface area contributed by atoms with Crippen LogP contribution >= 0.6 is 15.9 Å². The second kappa shape index (κ2) is 3.84. The van der Waals surface area contributed by atoms with Crippen molar-refractivity contribution < 1.29 is 4.74 Å². The third-order valence-corrected chi connectivity index (χ3v) is 4.17. The summed E-state index contributed by atoms with van der Waals surface area (Å²) in [6, 6.07) is 15.0. The molecule has 1 fully saturated rings. The van der Waals surface area contributed by atoms with E-state index in [0.717, 1.165) is 17.6 Å². The van der Waals surface area contributed by atoms with E-state index in [0.29, 0.717) is 6.10 Å². The molecule has 0 bridgehead atoms. The Hall–Kier alpha value is -1.32. The van der Waals surface area contributed by atoms with Crippen LogP contribution in [0.1, 0.15) is 0 Å². The van der Waals surface area contributed by atoms with E-state index >= 15 is 0 Å². The molecule has 3 aromatic rings. The minimum atomic E-state index is 0.385. The summed E-state index contributed by atoms with van der Waals surface area (Å²) in [7, 11) is 0. The van der Waals surface area contributed by atoms with Gasteiger partial charge >= 0.3 is 0 Å². The first kappa shape index (κ1) is 10.6. The van der Waals surface area contributed by atoms with Crippen molar-refractivity contribution in [2.75, 3.05) is 6.61 Å². The molecule has 0 spiro atoms. The molecule has 1 aliphatic rings. The normalized spacial score (nSPS) is 18.6. The van der Waals surface area contributed by atoms with Crippen molar-refractivity contribution in [3.8, 4) is 0 Å². The molecular weight excluding hydrogens is 290 g/mol. The third kappa shape index (κ3) is 1.51. The molecule has 2 heterocycles. The predicted octanol–water partition coefficient (Wildman–Crippen LogP) is 3.96. The second-order valence-electron chi connectivity index (χ2n) is 4.72. The first-order valence-electron chi connectivity index (χ1n) is 6.11. The fraction of sp³-hybridized carbons (Fsp3) is 0.200. The lowest BCUT2D eigenvalue weighted by molar-refractivity contribution is 0.387. The van der Waals surface area contributed by atoms with Crippen molar-refractivity contribution in [3.63, 3.8) is 0 Å². The monoisotopic (exact) mass is 301 g/mol. The molecule has 2 aromatic carbocycles. The molecule has 0 radical (unpaired) electrons. The molecule has 18 heavy (non-hydrogen) atoms. The number of fused-ring (bicyclic) bond motifs is 3. The maximum absolute atomic E-state index is 5.38. The Balaban J connectivity index is 2.13. The molecule has 0 saturated carbocycles. The van der Waals surface area contributed by atoms with Crippen LogP contribution in [0.15, 0.2) is 46.9 Å². The first-order valence-corrected chi connectivity index (χ1v) is 6.91. The topological polar surface area (TPSA) is 17.5 Å². The van der Waals surface area contributed by atoms with E-state index in [1.165, 1.54) is 21.8 Å². The molecule has 1 atom stereocenters. The fourth-order valence-electron chi connectivity index (χ4n) is 2.63. The number of hydrogen-bond acceptors (Lipinski definition) is 1. The molecule has 90 valence electrons. The highest BCUT2D eigenvalue weighted by molar-refractivity contribution is 9.10. The number of halogens is 1. The van der Waals surface area contributed by atoms with Crippen LogP contribution in [0.4, 0.5) is 0 Å². The minimum absolute atomic E-state index is 0.385. The van der Waals surface area contributed by atoms with E-state index < -0.39 is 0 Å². The van der Waals surface area contributed by atoms with E-state index in [9.17, 15) is 0 Å². The zero-order valence-corrected chi connectivity index (χ0v) is 11.4. The van der Waals surface area contributed by atoms with Crippen molar-refractivity contribution in [2.45, 2.75) is 12.6 Å². The fourth-order valence-corrected chi connectivity index (χ4v) is 3.21.